The van der Waals surface area contributed by atoms with Crippen molar-refractivity contribution in [2.75, 3.05) is 6.54 Å². The van der Waals surface area contributed by atoms with E-state index in [1.54, 1.807) is 6.20 Å². The second kappa shape index (κ2) is 6.87. The van der Waals surface area contributed by atoms with E-state index in [1.165, 1.54) is 22.9 Å². The summed E-state index contributed by atoms with van der Waals surface area (Å²) in [7, 11) is 0. The summed E-state index contributed by atoms with van der Waals surface area (Å²) in [5, 5.41) is 5.30. The highest BCUT2D eigenvalue weighted by atomic mass is 16.5. The summed E-state index contributed by atoms with van der Waals surface area (Å²) in [6.45, 7) is 5.85. The van der Waals surface area contributed by atoms with Crippen LogP contribution < -0.4 is 0 Å². The van der Waals surface area contributed by atoms with Crippen molar-refractivity contribution in [3.05, 3.63) is 65.6 Å². The maximum absolute atomic E-state index is 5.31. The molecule has 1 saturated heterocycles. The van der Waals surface area contributed by atoms with Gasteiger partial charge in [-0.15, -0.1) is 0 Å². The van der Waals surface area contributed by atoms with Crippen LogP contribution in [0.4, 0.5) is 0 Å². The zero-order valence-electron chi connectivity index (χ0n) is 16.1. The van der Waals surface area contributed by atoms with Gasteiger partial charge in [-0.1, -0.05) is 17.3 Å². The van der Waals surface area contributed by atoms with Crippen molar-refractivity contribution < 1.29 is 4.52 Å². The number of aromatic nitrogens is 4. The number of fused-ring (bicyclic) bond motifs is 1. The minimum atomic E-state index is 0.285. The van der Waals surface area contributed by atoms with Gasteiger partial charge in [-0.3, -0.25) is 9.88 Å². The molecule has 1 aliphatic heterocycles. The van der Waals surface area contributed by atoms with Crippen LogP contribution in [-0.4, -0.2) is 31.6 Å². The average molecular weight is 373 g/mol. The van der Waals surface area contributed by atoms with E-state index < -0.39 is 0 Å². The average Bonchev–Trinajstić information content (AvgIpc) is 3.42. The molecule has 0 bridgehead atoms. The van der Waals surface area contributed by atoms with E-state index in [4.69, 9.17) is 9.51 Å². The van der Waals surface area contributed by atoms with E-state index in [0.717, 1.165) is 47.9 Å². The second-order valence-electron chi connectivity index (χ2n) is 7.56. The number of nitrogens with one attached hydrogen (secondary N) is 1. The fourth-order valence-corrected chi connectivity index (χ4v) is 4.29. The molecule has 1 unspecified atom stereocenters. The van der Waals surface area contributed by atoms with E-state index in [9.17, 15) is 0 Å². The van der Waals surface area contributed by atoms with Gasteiger partial charge in [0.05, 0.1) is 41.1 Å². The van der Waals surface area contributed by atoms with E-state index in [-0.39, 0.29) is 6.04 Å². The summed E-state index contributed by atoms with van der Waals surface area (Å²) in [6.07, 6.45) is 7.97. The first-order valence-electron chi connectivity index (χ1n) is 9.74. The molecule has 1 atom stereocenters. The number of hydrogen-bond donors (Lipinski definition) is 1. The lowest BCUT2D eigenvalue weighted by atomic mass is 10.1. The number of aryl methyl sites for hydroxylation is 2. The van der Waals surface area contributed by atoms with Crippen molar-refractivity contribution in [1.82, 2.24) is 25.0 Å². The fourth-order valence-electron chi connectivity index (χ4n) is 4.29. The smallest absolute Gasteiger partial charge is 0.143 e. The van der Waals surface area contributed by atoms with Gasteiger partial charge in [0.2, 0.25) is 0 Å². The number of benzene rings is 1. The van der Waals surface area contributed by atoms with Crippen molar-refractivity contribution in [2.45, 2.75) is 39.3 Å². The normalized spacial score (nSPS) is 17.6. The fraction of sp³-hybridized carbons (Fsp3) is 0.318. The Bertz CT molecular complexity index is 1110. The lowest BCUT2D eigenvalue weighted by Gasteiger charge is -2.24. The zero-order chi connectivity index (χ0) is 19.1. The predicted molar refractivity (Wildman–Crippen MR) is 108 cm³/mol. The zero-order valence-corrected chi connectivity index (χ0v) is 16.1. The molecule has 1 fully saturated rings. The Morgan fingerprint density at radius 2 is 2.14 bits per heavy atom. The van der Waals surface area contributed by atoms with Crippen LogP contribution in [0.5, 0.6) is 0 Å². The highest BCUT2D eigenvalue weighted by molar-refractivity contribution is 5.79. The Labute approximate surface area is 163 Å². The third kappa shape index (κ3) is 2.99. The van der Waals surface area contributed by atoms with E-state index >= 15 is 0 Å². The summed E-state index contributed by atoms with van der Waals surface area (Å²) in [5.74, 6) is 0.784. The van der Waals surface area contributed by atoms with Gasteiger partial charge in [-0.25, -0.2) is 4.98 Å². The lowest BCUT2D eigenvalue weighted by molar-refractivity contribution is 0.244. The molecule has 142 valence electrons. The van der Waals surface area contributed by atoms with Gasteiger partial charge in [-0.2, -0.15) is 0 Å². The summed E-state index contributed by atoms with van der Waals surface area (Å²) in [6, 6.07) is 9.04. The van der Waals surface area contributed by atoms with E-state index in [0.29, 0.717) is 0 Å². The second-order valence-corrected chi connectivity index (χ2v) is 7.56. The van der Waals surface area contributed by atoms with Gasteiger partial charge < -0.3 is 9.51 Å². The highest BCUT2D eigenvalue weighted by Gasteiger charge is 2.28. The summed E-state index contributed by atoms with van der Waals surface area (Å²) < 4.78 is 5.31. The molecule has 0 amide bonds. The van der Waals surface area contributed by atoms with Crippen LogP contribution in [0.3, 0.4) is 0 Å². The molecular formula is C22H23N5O. The molecule has 5 rings (SSSR count). The minimum absolute atomic E-state index is 0.285. The quantitative estimate of drug-likeness (QED) is 0.567. The van der Waals surface area contributed by atoms with Gasteiger partial charge >= 0.3 is 0 Å². The summed E-state index contributed by atoms with van der Waals surface area (Å²) in [5.41, 5.74) is 6.18. The van der Waals surface area contributed by atoms with Gasteiger partial charge in [0.25, 0.3) is 0 Å². The van der Waals surface area contributed by atoms with Crippen molar-refractivity contribution in [3.8, 4) is 11.3 Å². The van der Waals surface area contributed by atoms with Crippen LogP contribution >= 0.6 is 0 Å². The van der Waals surface area contributed by atoms with Crippen LogP contribution in [0, 0.1) is 13.8 Å². The number of rotatable bonds is 4. The SMILES string of the molecule is Cc1noc(C)c1-c1cncc(C2CCCN2Cc2ccc3cc[nH]c3c2)n1. The Morgan fingerprint density at radius 1 is 1.21 bits per heavy atom. The maximum atomic E-state index is 5.31. The first-order chi connectivity index (χ1) is 13.7. The maximum Gasteiger partial charge on any atom is 0.143 e. The highest BCUT2D eigenvalue weighted by Crippen LogP contribution is 2.34. The largest absolute Gasteiger partial charge is 0.361 e. The molecule has 3 aromatic heterocycles. The topological polar surface area (TPSA) is 70.8 Å². The molecule has 6 nitrogen and oxygen atoms in total. The first-order valence-corrected chi connectivity index (χ1v) is 9.74. The first kappa shape index (κ1) is 17.1. The van der Waals surface area contributed by atoms with E-state index in [2.05, 4.69) is 44.3 Å². The van der Waals surface area contributed by atoms with Crippen molar-refractivity contribution in [3.63, 3.8) is 0 Å². The third-order valence-corrected chi connectivity index (χ3v) is 5.65. The predicted octanol–water partition coefficient (Wildman–Crippen LogP) is 4.57. The van der Waals surface area contributed by atoms with Crippen molar-refractivity contribution >= 4 is 10.9 Å². The Kier molecular flexibility index (Phi) is 4.20. The molecule has 0 radical (unpaired) electrons. The Hall–Kier alpha value is -2.99. The van der Waals surface area contributed by atoms with Gasteiger partial charge in [0.15, 0.2) is 0 Å². The van der Waals surface area contributed by atoms with E-state index in [1.807, 2.05) is 26.2 Å². The van der Waals surface area contributed by atoms with Gasteiger partial charge in [-0.05, 0) is 56.3 Å². The third-order valence-electron chi connectivity index (χ3n) is 5.65. The standard InChI is InChI=1S/C22H23N5O/c1-14-22(15(2)28-26-14)20-12-23-11-19(25-20)21-4-3-9-27(21)13-16-5-6-17-7-8-24-18(17)10-16/h5-8,10-12,21,24H,3-4,9,13H2,1-2H3. The molecule has 4 heterocycles. The molecule has 0 aliphatic carbocycles. The molecule has 0 spiro atoms. The van der Waals surface area contributed by atoms with Crippen molar-refractivity contribution in [1.29, 1.82) is 0 Å². The number of likely N-dealkylation sites (tertiary alicyclic amines) is 1. The van der Waals surface area contributed by atoms with Crippen LogP contribution in [0.15, 0.2) is 47.4 Å². The monoisotopic (exact) mass is 373 g/mol. The number of H-pyrrole nitrogens is 1. The Morgan fingerprint density at radius 3 is 3.00 bits per heavy atom. The lowest BCUT2D eigenvalue weighted by Crippen LogP contribution is -2.23. The van der Waals surface area contributed by atoms with Crippen LogP contribution in [0.1, 0.15) is 41.6 Å². The molecule has 1 aromatic carbocycles. The number of aromatic amines is 1. The molecule has 1 N–H and O–H groups in total. The molecule has 4 aromatic rings. The van der Waals surface area contributed by atoms with Gasteiger partial charge in [0.1, 0.15) is 5.76 Å². The van der Waals surface area contributed by atoms with Gasteiger partial charge in [0, 0.05) is 18.3 Å². The van der Waals surface area contributed by atoms with Crippen LogP contribution in [-0.2, 0) is 6.54 Å². The van der Waals surface area contributed by atoms with Crippen LogP contribution in [0.2, 0.25) is 0 Å². The number of nitrogens with zero attached hydrogens (tertiary/aromatic N) is 4. The molecule has 1 aliphatic rings. The Balaban J connectivity index is 1.43. The van der Waals surface area contributed by atoms with Crippen molar-refractivity contribution in [2.24, 2.45) is 0 Å². The molecule has 0 saturated carbocycles. The summed E-state index contributed by atoms with van der Waals surface area (Å²) >= 11 is 0. The minimum Gasteiger partial charge on any atom is -0.361 e. The molecule has 28 heavy (non-hydrogen) atoms. The number of hydrogen-bond acceptors (Lipinski definition) is 5. The van der Waals surface area contributed by atoms with Crippen LogP contribution in [0.25, 0.3) is 22.2 Å². The molecule has 6 heteroatoms. The summed E-state index contributed by atoms with van der Waals surface area (Å²) in [4.78, 5) is 15.2. The molecular weight excluding hydrogens is 350 g/mol.